The Kier molecular flexibility index (Phi) is 5.32. The molecule has 0 radical (unpaired) electrons. The van der Waals surface area contributed by atoms with Crippen LogP contribution in [0.5, 0.6) is 0 Å². The number of nitrogens with two attached hydrogens (primary N) is 1. The molecule has 0 atom stereocenters. The van der Waals surface area contributed by atoms with Crippen LogP contribution < -0.4 is 10.6 Å². The Balaban J connectivity index is 1.91. The fourth-order valence-corrected chi connectivity index (χ4v) is 1.45. The van der Waals surface area contributed by atoms with Gasteiger partial charge in [0.2, 0.25) is 0 Å². The van der Waals surface area contributed by atoms with E-state index in [1.165, 1.54) is 19.3 Å². The minimum atomic E-state index is 0.698. The maximum Gasteiger partial charge on any atom is 0.0527 e. The molecule has 0 aromatic rings. The third kappa shape index (κ3) is 4.04. The average molecular weight is 172 g/mol. The van der Waals surface area contributed by atoms with Gasteiger partial charge in [-0.1, -0.05) is 0 Å². The topological polar surface area (TPSA) is 37.9 Å². The molecule has 3 nitrogen and oxygen atoms in total. The molecule has 3 N–H and O–H groups in total. The third-order valence-electron chi connectivity index (χ3n) is 2.24. The SMILES string of the molecule is [CH2-][NH2+]CCCNC1CCOCC1. The van der Waals surface area contributed by atoms with Gasteiger partial charge < -0.3 is 15.4 Å². The summed E-state index contributed by atoms with van der Waals surface area (Å²) in [5.74, 6) is 0. The normalized spacial score (nSPS) is 19.8. The maximum absolute atomic E-state index is 5.27. The summed E-state index contributed by atoms with van der Waals surface area (Å²) in [7, 11) is 3.70. The van der Waals surface area contributed by atoms with Crippen LogP contribution in [0.4, 0.5) is 0 Å². The van der Waals surface area contributed by atoms with Crippen LogP contribution in [0, 0.1) is 7.05 Å². The van der Waals surface area contributed by atoms with E-state index in [4.69, 9.17) is 4.74 Å². The Hall–Kier alpha value is -0.120. The zero-order chi connectivity index (χ0) is 8.65. The Morgan fingerprint density at radius 3 is 2.83 bits per heavy atom. The van der Waals surface area contributed by atoms with Gasteiger partial charge in [-0.05, 0) is 12.8 Å². The van der Waals surface area contributed by atoms with E-state index < -0.39 is 0 Å². The molecule has 0 unspecified atom stereocenters. The van der Waals surface area contributed by atoms with Crippen molar-refractivity contribution in [2.75, 3.05) is 26.3 Å². The summed E-state index contributed by atoms with van der Waals surface area (Å²) in [4.78, 5) is 0. The molecule has 3 heteroatoms. The molecule has 1 aliphatic heterocycles. The lowest BCUT2D eigenvalue weighted by molar-refractivity contribution is -0.595. The highest BCUT2D eigenvalue weighted by Gasteiger charge is 2.11. The molecule has 0 saturated carbocycles. The lowest BCUT2D eigenvalue weighted by Gasteiger charge is -2.23. The second kappa shape index (κ2) is 6.40. The van der Waals surface area contributed by atoms with E-state index in [0.29, 0.717) is 6.04 Å². The quantitative estimate of drug-likeness (QED) is 0.433. The van der Waals surface area contributed by atoms with Crippen LogP contribution in [-0.4, -0.2) is 32.3 Å². The fourth-order valence-electron chi connectivity index (χ4n) is 1.45. The van der Waals surface area contributed by atoms with Gasteiger partial charge in [0.1, 0.15) is 0 Å². The molecule has 72 valence electrons. The molecule has 0 aromatic carbocycles. The van der Waals surface area contributed by atoms with E-state index in [-0.39, 0.29) is 0 Å². The van der Waals surface area contributed by atoms with E-state index in [9.17, 15) is 0 Å². The minimum Gasteiger partial charge on any atom is -0.479 e. The molecule has 1 heterocycles. The summed E-state index contributed by atoms with van der Waals surface area (Å²) < 4.78 is 5.27. The van der Waals surface area contributed by atoms with Crippen LogP contribution in [0.25, 0.3) is 0 Å². The second-order valence-corrected chi connectivity index (χ2v) is 3.27. The van der Waals surface area contributed by atoms with Crippen molar-refractivity contribution in [1.82, 2.24) is 5.32 Å². The summed E-state index contributed by atoms with van der Waals surface area (Å²) in [6, 6.07) is 0.698. The average Bonchev–Trinajstić information content (AvgIpc) is 2.14. The molecule has 0 aromatic heterocycles. The van der Waals surface area contributed by atoms with Crippen LogP contribution in [-0.2, 0) is 4.74 Å². The molecular formula is C9H20N2O. The van der Waals surface area contributed by atoms with Gasteiger partial charge in [-0.15, -0.1) is 0 Å². The lowest BCUT2D eigenvalue weighted by atomic mass is 10.1. The standard InChI is InChI=1S/C9H20N2O/c1-10-5-2-6-11-9-3-7-12-8-4-9/h9,11H,1-8,10H2. The van der Waals surface area contributed by atoms with Gasteiger partial charge in [-0.3, -0.25) is 0 Å². The Labute approximate surface area is 74.9 Å². The minimum absolute atomic E-state index is 0.698. The number of ether oxygens (including phenoxy) is 1. The molecule has 1 fully saturated rings. The second-order valence-electron chi connectivity index (χ2n) is 3.27. The monoisotopic (exact) mass is 172 g/mol. The van der Waals surface area contributed by atoms with E-state index >= 15 is 0 Å². The lowest BCUT2D eigenvalue weighted by Crippen LogP contribution is -2.77. The number of hydrogen-bond acceptors (Lipinski definition) is 2. The van der Waals surface area contributed by atoms with Gasteiger partial charge in [0.25, 0.3) is 0 Å². The van der Waals surface area contributed by atoms with E-state index in [2.05, 4.69) is 12.4 Å². The zero-order valence-corrected chi connectivity index (χ0v) is 7.72. The Morgan fingerprint density at radius 2 is 2.17 bits per heavy atom. The number of nitrogens with one attached hydrogen (secondary N) is 1. The molecule has 0 amide bonds. The summed E-state index contributed by atoms with van der Waals surface area (Å²) in [5, 5.41) is 5.51. The molecule has 1 saturated heterocycles. The highest BCUT2D eigenvalue weighted by atomic mass is 16.5. The van der Waals surface area contributed by atoms with Crippen molar-refractivity contribution < 1.29 is 10.1 Å². The number of rotatable bonds is 5. The van der Waals surface area contributed by atoms with Crippen LogP contribution in [0.15, 0.2) is 0 Å². The highest BCUT2D eigenvalue weighted by molar-refractivity contribution is 4.69. The first-order valence-electron chi connectivity index (χ1n) is 4.85. The Bertz CT molecular complexity index is 103. The van der Waals surface area contributed by atoms with Crippen molar-refractivity contribution >= 4 is 0 Å². The molecule has 0 spiro atoms. The van der Waals surface area contributed by atoms with Crippen molar-refractivity contribution in [2.45, 2.75) is 25.3 Å². The van der Waals surface area contributed by atoms with Crippen molar-refractivity contribution in [3.8, 4) is 0 Å². The molecule has 12 heavy (non-hydrogen) atoms. The molecule has 1 aliphatic rings. The van der Waals surface area contributed by atoms with E-state index in [1.54, 1.807) is 0 Å². The van der Waals surface area contributed by atoms with Crippen molar-refractivity contribution in [2.24, 2.45) is 0 Å². The van der Waals surface area contributed by atoms with Crippen LogP contribution in [0.2, 0.25) is 0 Å². The smallest absolute Gasteiger partial charge is 0.0527 e. The van der Waals surface area contributed by atoms with Gasteiger partial charge >= 0.3 is 0 Å². The third-order valence-corrected chi connectivity index (χ3v) is 2.24. The first kappa shape index (κ1) is 9.96. The van der Waals surface area contributed by atoms with Crippen molar-refractivity contribution in [3.63, 3.8) is 0 Å². The predicted octanol–water partition coefficient (Wildman–Crippen LogP) is -0.500. The highest BCUT2D eigenvalue weighted by Crippen LogP contribution is 2.05. The first-order chi connectivity index (χ1) is 5.93. The summed E-state index contributed by atoms with van der Waals surface area (Å²) in [5.41, 5.74) is 0. The summed E-state index contributed by atoms with van der Waals surface area (Å²) in [6.45, 7) is 4.10. The predicted molar refractivity (Wildman–Crippen MR) is 48.6 cm³/mol. The Morgan fingerprint density at radius 1 is 1.42 bits per heavy atom. The number of hydrogen-bond donors (Lipinski definition) is 2. The van der Waals surface area contributed by atoms with Gasteiger partial charge in [-0.25, -0.2) is 0 Å². The fraction of sp³-hybridized carbons (Fsp3) is 0.889. The maximum atomic E-state index is 5.27. The summed E-state index contributed by atoms with van der Waals surface area (Å²) in [6.07, 6.45) is 3.56. The number of quaternary nitrogens is 1. The largest absolute Gasteiger partial charge is 0.479 e. The van der Waals surface area contributed by atoms with Crippen LogP contribution in [0.1, 0.15) is 19.3 Å². The van der Waals surface area contributed by atoms with Crippen molar-refractivity contribution in [1.29, 1.82) is 0 Å². The van der Waals surface area contributed by atoms with Crippen LogP contribution >= 0.6 is 0 Å². The van der Waals surface area contributed by atoms with Gasteiger partial charge in [0.15, 0.2) is 0 Å². The van der Waals surface area contributed by atoms with E-state index in [1.807, 2.05) is 5.32 Å². The molecule has 0 aliphatic carbocycles. The molecule has 0 bridgehead atoms. The van der Waals surface area contributed by atoms with Crippen molar-refractivity contribution in [3.05, 3.63) is 7.05 Å². The zero-order valence-electron chi connectivity index (χ0n) is 7.72. The molecular weight excluding hydrogens is 152 g/mol. The van der Waals surface area contributed by atoms with E-state index in [0.717, 1.165) is 26.3 Å². The van der Waals surface area contributed by atoms with Gasteiger partial charge in [0, 0.05) is 32.2 Å². The van der Waals surface area contributed by atoms with Crippen LogP contribution in [0.3, 0.4) is 0 Å². The molecule has 1 rings (SSSR count). The first-order valence-corrected chi connectivity index (χ1v) is 4.85. The van der Waals surface area contributed by atoms with Gasteiger partial charge in [0.05, 0.1) is 6.54 Å². The van der Waals surface area contributed by atoms with Gasteiger partial charge in [-0.2, -0.15) is 7.05 Å². The summed E-state index contributed by atoms with van der Waals surface area (Å²) >= 11 is 0.